The van der Waals surface area contributed by atoms with E-state index in [1.807, 2.05) is 26.0 Å². The normalized spacial score (nSPS) is 20.1. The van der Waals surface area contributed by atoms with E-state index < -0.39 is 5.60 Å². The third-order valence-corrected chi connectivity index (χ3v) is 2.77. The highest BCUT2D eigenvalue weighted by Crippen LogP contribution is 2.41. The van der Waals surface area contributed by atoms with Gasteiger partial charge in [0.2, 0.25) is 5.70 Å². The Morgan fingerprint density at radius 3 is 2.35 bits per heavy atom. The summed E-state index contributed by atoms with van der Waals surface area (Å²) in [5.41, 5.74) is 0.0321. The van der Waals surface area contributed by atoms with Crippen LogP contribution in [0.3, 0.4) is 0 Å². The smallest absolute Gasteiger partial charge is 0.292 e. The Morgan fingerprint density at radius 2 is 1.95 bits per heavy atom. The highest BCUT2D eigenvalue weighted by atomic mass is 16.5. The van der Waals surface area contributed by atoms with Crippen molar-refractivity contribution in [1.29, 1.82) is 5.26 Å². The van der Waals surface area contributed by atoms with Gasteiger partial charge in [-0.15, -0.1) is 0 Å². The molecule has 0 unspecified atom stereocenters. The second-order valence-corrected chi connectivity index (χ2v) is 6.09. The maximum Gasteiger partial charge on any atom is 0.292 e. The highest BCUT2D eigenvalue weighted by Gasteiger charge is 2.38. The molecule has 0 radical (unpaired) electrons. The molecule has 102 valence electrons. The number of nitrogens with zero attached hydrogens (tertiary/aromatic N) is 3. The third-order valence-electron chi connectivity index (χ3n) is 2.77. The van der Waals surface area contributed by atoms with Crippen LogP contribution in [0.2, 0.25) is 0 Å². The highest BCUT2D eigenvalue weighted by molar-refractivity contribution is 5.55. The van der Waals surface area contributed by atoms with Crippen LogP contribution in [0.4, 0.5) is 0 Å². The SMILES string of the molecule is [C-]#[N+]C1=C(/C=C/C(C)(C)C)C(C)(C)O/C1=C(\C#N)[N+]#[C-]. The summed E-state index contributed by atoms with van der Waals surface area (Å²) in [6.45, 7) is 24.2. The molecule has 1 aliphatic rings. The van der Waals surface area contributed by atoms with Gasteiger partial charge in [0.1, 0.15) is 11.4 Å². The zero-order valence-electron chi connectivity index (χ0n) is 12.4. The summed E-state index contributed by atoms with van der Waals surface area (Å²) in [4.78, 5) is 6.60. The average molecular weight is 267 g/mol. The molecular weight excluding hydrogens is 250 g/mol. The van der Waals surface area contributed by atoms with E-state index >= 15 is 0 Å². The van der Waals surface area contributed by atoms with Crippen LogP contribution in [0.5, 0.6) is 0 Å². The largest absolute Gasteiger partial charge is 0.505 e. The van der Waals surface area contributed by atoms with Crippen molar-refractivity contribution in [3.8, 4) is 6.07 Å². The van der Waals surface area contributed by atoms with E-state index in [0.717, 1.165) is 0 Å². The summed E-state index contributed by atoms with van der Waals surface area (Å²) in [5, 5.41) is 8.97. The maximum absolute atomic E-state index is 8.97. The summed E-state index contributed by atoms with van der Waals surface area (Å²) in [6.07, 6.45) is 3.85. The van der Waals surface area contributed by atoms with E-state index in [1.165, 1.54) is 0 Å². The van der Waals surface area contributed by atoms with E-state index in [1.54, 1.807) is 6.07 Å². The molecule has 0 aromatic heterocycles. The molecule has 0 atom stereocenters. The second-order valence-electron chi connectivity index (χ2n) is 6.09. The molecule has 1 rings (SSSR count). The van der Waals surface area contributed by atoms with Gasteiger partial charge in [-0.05, 0) is 19.3 Å². The average Bonchev–Trinajstić information content (AvgIpc) is 2.58. The zero-order valence-corrected chi connectivity index (χ0v) is 12.4. The Morgan fingerprint density at radius 1 is 1.35 bits per heavy atom. The quantitative estimate of drug-likeness (QED) is 0.527. The first kappa shape index (κ1) is 15.5. The van der Waals surface area contributed by atoms with Gasteiger partial charge >= 0.3 is 0 Å². The van der Waals surface area contributed by atoms with E-state index in [4.69, 9.17) is 23.1 Å². The fraction of sp³-hybridized carbons (Fsp3) is 0.438. The monoisotopic (exact) mass is 267 g/mol. The molecule has 0 N–H and O–H groups in total. The summed E-state index contributed by atoms with van der Waals surface area (Å²) in [6, 6.07) is 1.79. The van der Waals surface area contributed by atoms with Crippen molar-refractivity contribution in [3.63, 3.8) is 0 Å². The molecule has 20 heavy (non-hydrogen) atoms. The second kappa shape index (κ2) is 5.24. The fourth-order valence-electron chi connectivity index (χ4n) is 1.78. The molecular formula is C16H17N3O. The van der Waals surface area contributed by atoms with Crippen LogP contribution in [0.1, 0.15) is 34.6 Å². The maximum atomic E-state index is 8.97. The van der Waals surface area contributed by atoms with Crippen molar-refractivity contribution in [3.05, 3.63) is 57.7 Å². The lowest BCUT2D eigenvalue weighted by molar-refractivity contribution is 0.0951. The predicted octanol–water partition coefficient (Wildman–Crippen LogP) is 4.23. The van der Waals surface area contributed by atoms with Crippen LogP contribution >= 0.6 is 0 Å². The van der Waals surface area contributed by atoms with Gasteiger partial charge in [0.25, 0.3) is 5.70 Å². The van der Waals surface area contributed by atoms with Crippen LogP contribution < -0.4 is 0 Å². The van der Waals surface area contributed by atoms with E-state index in [-0.39, 0.29) is 22.6 Å². The summed E-state index contributed by atoms with van der Waals surface area (Å²) in [7, 11) is 0. The molecule has 4 nitrogen and oxygen atoms in total. The topological polar surface area (TPSA) is 41.7 Å². The van der Waals surface area contributed by atoms with Crippen molar-refractivity contribution < 1.29 is 4.74 Å². The van der Waals surface area contributed by atoms with E-state index in [2.05, 4.69) is 30.5 Å². The summed E-state index contributed by atoms with van der Waals surface area (Å²) in [5.74, 6) is 0.0936. The predicted molar refractivity (Wildman–Crippen MR) is 76.6 cm³/mol. The van der Waals surface area contributed by atoms with Crippen molar-refractivity contribution in [2.45, 2.75) is 40.2 Å². The lowest BCUT2D eigenvalue weighted by atomic mass is 9.91. The molecule has 0 amide bonds. The lowest BCUT2D eigenvalue weighted by Crippen LogP contribution is -2.21. The van der Waals surface area contributed by atoms with Crippen LogP contribution in [0.15, 0.2) is 34.9 Å². The molecule has 1 heterocycles. The van der Waals surface area contributed by atoms with Crippen LogP contribution in [0.25, 0.3) is 9.69 Å². The lowest BCUT2D eigenvalue weighted by Gasteiger charge is -2.22. The molecule has 0 saturated heterocycles. The van der Waals surface area contributed by atoms with Gasteiger partial charge < -0.3 is 4.74 Å². The van der Waals surface area contributed by atoms with Gasteiger partial charge in [-0.3, -0.25) is 0 Å². The van der Waals surface area contributed by atoms with E-state index in [9.17, 15) is 0 Å². The number of ether oxygens (including phenoxy) is 1. The first-order chi connectivity index (χ1) is 9.16. The Hall–Kier alpha value is -2.51. The van der Waals surface area contributed by atoms with Gasteiger partial charge in [0.15, 0.2) is 0 Å². The minimum atomic E-state index is -0.718. The van der Waals surface area contributed by atoms with Crippen LogP contribution in [-0.2, 0) is 4.74 Å². The van der Waals surface area contributed by atoms with Crippen molar-refractivity contribution in [2.75, 3.05) is 0 Å². The molecule has 0 aromatic rings. The number of hydrogen-bond donors (Lipinski definition) is 0. The fourth-order valence-corrected chi connectivity index (χ4v) is 1.78. The summed E-state index contributed by atoms with van der Waals surface area (Å²) < 4.78 is 5.68. The van der Waals surface area contributed by atoms with Gasteiger partial charge in [-0.25, -0.2) is 15.0 Å². The van der Waals surface area contributed by atoms with Crippen LogP contribution in [0, 0.1) is 29.9 Å². The molecule has 0 fully saturated rings. The van der Waals surface area contributed by atoms with Crippen molar-refractivity contribution in [1.82, 2.24) is 0 Å². The number of nitriles is 1. The van der Waals surface area contributed by atoms with E-state index in [0.29, 0.717) is 5.57 Å². The Labute approximate surface area is 120 Å². The van der Waals surface area contributed by atoms with Gasteiger partial charge in [0.05, 0.1) is 19.2 Å². The Balaban J connectivity index is 3.52. The summed E-state index contributed by atoms with van der Waals surface area (Å²) >= 11 is 0. The van der Waals surface area contributed by atoms with Crippen molar-refractivity contribution in [2.24, 2.45) is 5.41 Å². The molecule has 0 bridgehead atoms. The minimum absolute atomic E-state index is 0.0272. The van der Waals surface area contributed by atoms with Gasteiger partial charge in [-0.2, -0.15) is 0 Å². The molecule has 4 heteroatoms. The first-order valence-corrected chi connectivity index (χ1v) is 6.19. The van der Waals surface area contributed by atoms with Crippen LogP contribution in [-0.4, -0.2) is 5.60 Å². The van der Waals surface area contributed by atoms with Gasteiger partial charge in [0, 0.05) is 5.57 Å². The first-order valence-electron chi connectivity index (χ1n) is 6.19. The Bertz CT molecular complexity index is 619. The molecule has 0 spiro atoms. The number of hydrogen-bond acceptors (Lipinski definition) is 2. The van der Waals surface area contributed by atoms with Gasteiger partial charge in [-0.1, -0.05) is 32.9 Å². The zero-order chi connectivity index (χ0) is 15.6. The molecule has 1 aliphatic heterocycles. The molecule has 0 saturated carbocycles. The standard InChI is InChI=1S/C16H17N3O/c1-15(2,3)9-8-11-13(19-7)14(12(10-17)18-6)20-16(11,4)5/h8-9H,1-5H3/b9-8+,14-12+. The third kappa shape index (κ3) is 3.08. The minimum Gasteiger partial charge on any atom is -0.505 e. The van der Waals surface area contributed by atoms with Crippen molar-refractivity contribution >= 4 is 0 Å². The number of allylic oxidation sites excluding steroid dienone is 2. The number of rotatable bonds is 1. The molecule has 0 aromatic carbocycles. The molecule has 0 aliphatic carbocycles. The Kier molecular flexibility index (Phi) is 4.07.